The molecule has 0 spiro atoms. The molecule has 0 saturated carbocycles. The largest absolute Gasteiger partial charge is 0.382 e. The molecule has 25 heavy (non-hydrogen) atoms. The zero-order valence-corrected chi connectivity index (χ0v) is 15.0. The molecule has 0 aliphatic rings. The van der Waals surface area contributed by atoms with E-state index in [0.717, 1.165) is 35.4 Å². The van der Waals surface area contributed by atoms with Gasteiger partial charge in [-0.05, 0) is 19.4 Å². The van der Waals surface area contributed by atoms with Crippen LogP contribution >= 0.6 is 0 Å². The molecule has 0 radical (unpaired) electrons. The van der Waals surface area contributed by atoms with E-state index in [1.807, 2.05) is 38.2 Å². The van der Waals surface area contributed by atoms with E-state index in [2.05, 4.69) is 23.2 Å². The van der Waals surface area contributed by atoms with Crippen LogP contribution in [0, 0.1) is 18.3 Å². The van der Waals surface area contributed by atoms with E-state index in [1.54, 1.807) is 9.20 Å². The highest BCUT2D eigenvalue weighted by molar-refractivity contribution is 5.70. The van der Waals surface area contributed by atoms with Gasteiger partial charge < -0.3 is 10.6 Å². The Morgan fingerprint density at radius 1 is 1.36 bits per heavy atom. The average Bonchev–Trinajstić information content (AvgIpc) is 3.15. The van der Waals surface area contributed by atoms with Crippen molar-refractivity contribution in [2.45, 2.75) is 26.7 Å². The minimum Gasteiger partial charge on any atom is -0.382 e. The molecule has 0 fully saturated rings. The predicted molar refractivity (Wildman–Crippen MR) is 96.4 cm³/mol. The fraction of sp³-hybridized carbons (Fsp3) is 0.412. The maximum Gasteiger partial charge on any atom is 0.163 e. The second-order valence-corrected chi connectivity index (χ2v) is 6.11. The lowest BCUT2D eigenvalue weighted by Gasteiger charge is -2.20. The Morgan fingerprint density at radius 3 is 2.72 bits per heavy atom. The van der Waals surface area contributed by atoms with Crippen LogP contribution in [-0.2, 0) is 19.9 Å². The van der Waals surface area contributed by atoms with Crippen LogP contribution in [0.3, 0.4) is 0 Å². The normalized spacial score (nSPS) is 11.0. The summed E-state index contributed by atoms with van der Waals surface area (Å²) < 4.78 is 3.35. The van der Waals surface area contributed by atoms with Gasteiger partial charge in [-0.1, -0.05) is 6.92 Å². The summed E-state index contributed by atoms with van der Waals surface area (Å²) >= 11 is 0. The number of likely N-dealkylation sites (N-methyl/N-ethyl adjacent to an activating group) is 1. The molecular weight excluding hydrogens is 316 g/mol. The van der Waals surface area contributed by atoms with Crippen molar-refractivity contribution in [3.63, 3.8) is 0 Å². The summed E-state index contributed by atoms with van der Waals surface area (Å²) in [5.74, 6) is 0.910. The number of nitrogens with zero attached hydrogens (tertiary/aromatic N) is 7. The minimum absolute atomic E-state index is 0.329. The molecule has 3 heterocycles. The van der Waals surface area contributed by atoms with Crippen molar-refractivity contribution >= 4 is 17.3 Å². The Kier molecular flexibility index (Phi) is 4.31. The highest BCUT2D eigenvalue weighted by Crippen LogP contribution is 2.26. The van der Waals surface area contributed by atoms with E-state index in [-0.39, 0.29) is 0 Å². The Hall–Kier alpha value is -3.08. The average molecular weight is 338 g/mol. The van der Waals surface area contributed by atoms with Crippen LogP contribution in [0.2, 0.25) is 0 Å². The van der Waals surface area contributed by atoms with Crippen molar-refractivity contribution in [2.75, 3.05) is 24.2 Å². The quantitative estimate of drug-likeness (QED) is 0.756. The first-order valence-electron chi connectivity index (χ1n) is 8.23. The van der Waals surface area contributed by atoms with Crippen LogP contribution < -0.4 is 10.6 Å². The van der Waals surface area contributed by atoms with Crippen molar-refractivity contribution in [3.05, 3.63) is 34.8 Å². The Balaban J connectivity index is 2.00. The number of hydrogen-bond donors (Lipinski definition) is 1. The molecule has 8 heteroatoms. The van der Waals surface area contributed by atoms with E-state index in [1.165, 1.54) is 0 Å². The molecule has 3 aromatic rings. The van der Waals surface area contributed by atoms with Crippen LogP contribution in [0.5, 0.6) is 0 Å². The summed E-state index contributed by atoms with van der Waals surface area (Å²) in [5, 5.41) is 18.4. The number of nitrogens with two attached hydrogens (primary N) is 1. The minimum atomic E-state index is 0.329. The molecule has 0 atom stereocenters. The van der Waals surface area contributed by atoms with Gasteiger partial charge >= 0.3 is 0 Å². The van der Waals surface area contributed by atoms with E-state index < -0.39 is 0 Å². The Bertz CT molecular complexity index is 959. The standard InChI is InChI=1S/C17H22N8/c1-5-13-11(2)21-25-15(19)14(10-18)16(20-17(13)25)23(3)8-6-12-7-9-24(4)22-12/h7,9H,5-6,8,19H2,1-4H3. The van der Waals surface area contributed by atoms with E-state index in [9.17, 15) is 5.26 Å². The molecule has 130 valence electrons. The fourth-order valence-electron chi connectivity index (χ4n) is 2.99. The third kappa shape index (κ3) is 2.89. The van der Waals surface area contributed by atoms with E-state index >= 15 is 0 Å². The van der Waals surface area contributed by atoms with Gasteiger partial charge in [0.15, 0.2) is 11.5 Å². The first kappa shape index (κ1) is 16.8. The van der Waals surface area contributed by atoms with E-state index in [4.69, 9.17) is 10.7 Å². The predicted octanol–water partition coefficient (Wildman–Crippen LogP) is 1.47. The summed E-state index contributed by atoms with van der Waals surface area (Å²) in [6.45, 7) is 4.68. The van der Waals surface area contributed by atoms with Crippen molar-refractivity contribution in [1.29, 1.82) is 5.26 Å². The number of nitrogen functional groups attached to an aromatic ring is 1. The maximum absolute atomic E-state index is 9.58. The first-order valence-corrected chi connectivity index (χ1v) is 8.23. The first-order chi connectivity index (χ1) is 12.0. The third-order valence-corrected chi connectivity index (χ3v) is 4.38. The third-order valence-electron chi connectivity index (χ3n) is 4.38. The van der Waals surface area contributed by atoms with Crippen molar-refractivity contribution in [1.82, 2.24) is 24.4 Å². The molecule has 0 amide bonds. The highest BCUT2D eigenvalue weighted by atomic mass is 15.3. The van der Waals surface area contributed by atoms with Gasteiger partial charge in [0.05, 0.1) is 11.4 Å². The Morgan fingerprint density at radius 2 is 2.12 bits per heavy atom. The molecule has 3 rings (SSSR count). The number of aromatic nitrogens is 5. The molecular formula is C17H22N8. The zero-order valence-electron chi connectivity index (χ0n) is 15.0. The van der Waals surface area contributed by atoms with Crippen LogP contribution in [0.1, 0.15) is 29.4 Å². The van der Waals surface area contributed by atoms with Gasteiger partial charge in [-0.2, -0.15) is 20.0 Å². The Labute approximate surface area is 146 Å². The van der Waals surface area contributed by atoms with Gasteiger partial charge in [0.1, 0.15) is 17.5 Å². The number of aryl methyl sites for hydroxylation is 3. The maximum atomic E-state index is 9.58. The number of hydrogen-bond acceptors (Lipinski definition) is 6. The zero-order chi connectivity index (χ0) is 18.1. The van der Waals surface area contributed by atoms with Gasteiger partial charge in [-0.15, -0.1) is 0 Å². The molecule has 8 nitrogen and oxygen atoms in total. The number of rotatable bonds is 5. The molecule has 3 aromatic heterocycles. The highest BCUT2D eigenvalue weighted by Gasteiger charge is 2.20. The molecule has 0 saturated heterocycles. The second kappa shape index (κ2) is 6.43. The number of anilines is 2. The van der Waals surface area contributed by atoms with Crippen molar-refractivity contribution in [3.8, 4) is 6.07 Å². The fourth-order valence-corrected chi connectivity index (χ4v) is 2.99. The SMILES string of the molecule is CCc1c(C)nn2c(N)c(C#N)c(N(C)CCc3ccn(C)n3)nc12. The number of fused-ring (bicyclic) bond motifs is 1. The van der Waals surface area contributed by atoms with Crippen molar-refractivity contribution in [2.24, 2.45) is 7.05 Å². The van der Waals surface area contributed by atoms with Gasteiger partial charge in [0, 0.05) is 38.8 Å². The van der Waals surface area contributed by atoms with Crippen LogP contribution in [-0.4, -0.2) is 38.0 Å². The second-order valence-electron chi connectivity index (χ2n) is 6.11. The lowest BCUT2D eigenvalue weighted by Crippen LogP contribution is -2.24. The summed E-state index contributed by atoms with van der Waals surface area (Å²) in [5.41, 5.74) is 10.2. The summed E-state index contributed by atoms with van der Waals surface area (Å²) in [7, 11) is 3.81. The molecule has 2 N–H and O–H groups in total. The summed E-state index contributed by atoms with van der Waals surface area (Å²) in [6.07, 6.45) is 3.49. The molecule has 0 aromatic carbocycles. The lowest BCUT2D eigenvalue weighted by atomic mass is 10.2. The topological polar surface area (TPSA) is 101 Å². The van der Waals surface area contributed by atoms with Crippen LogP contribution in [0.4, 0.5) is 11.6 Å². The van der Waals surface area contributed by atoms with Crippen LogP contribution in [0.25, 0.3) is 5.65 Å². The molecule has 0 unspecified atom stereocenters. The smallest absolute Gasteiger partial charge is 0.163 e. The molecule has 0 bridgehead atoms. The van der Waals surface area contributed by atoms with Gasteiger partial charge in [0.2, 0.25) is 0 Å². The van der Waals surface area contributed by atoms with E-state index in [0.29, 0.717) is 23.7 Å². The summed E-state index contributed by atoms with van der Waals surface area (Å²) in [6, 6.07) is 4.16. The van der Waals surface area contributed by atoms with Gasteiger partial charge in [-0.25, -0.2) is 4.98 Å². The van der Waals surface area contributed by atoms with Crippen molar-refractivity contribution < 1.29 is 0 Å². The molecule has 0 aliphatic carbocycles. The molecule has 0 aliphatic heterocycles. The monoisotopic (exact) mass is 338 g/mol. The van der Waals surface area contributed by atoms with Gasteiger partial charge in [0.25, 0.3) is 0 Å². The van der Waals surface area contributed by atoms with Crippen LogP contribution in [0.15, 0.2) is 12.3 Å². The number of nitriles is 1. The lowest BCUT2D eigenvalue weighted by molar-refractivity contribution is 0.731. The van der Waals surface area contributed by atoms with Gasteiger partial charge in [-0.3, -0.25) is 4.68 Å². The summed E-state index contributed by atoms with van der Waals surface area (Å²) in [4.78, 5) is 6.66.